The highest BCUT2D eigenvalue weighted by Gasteiger charge is 2.14. The zero-order valence-electron chi connectivity index (χ0n) is 10.3. The van der Waals surface area contributed by atoms with E-state index in [1.807, 2.05) is 7.05 Å². The molecule has 2 aromatic rings. The molecule has 1 aliphatic rings. The van der Waals surface area contributed by atoms with Gasteiger partial charge in [0, 0.05) is 26.7 Å². The Kier molecular flexibility index (Phi) is 3.07. The van der Waals surface area contributed by atoms with Crippen LogP contribution in [0.1, 0.15) is 0 Å². The van der Waals surface area contributed by atoms with Crippen LogP contribution >= 0.6 is 0 Å². The van der Waals surface area contributed by atoms with Gasteiger partial charge < -0.3 is 15.4 Å². The second-order valence-corrected chi connectivity index (χ2v) is 4.31. The maximum Gasteiger partial charge on any atom is 0.163 e. The molecular weight excluding hydrogens is 232 g/mol. The average Bonchev–Trinajstić information content (AvgIpc) is 2.80. The van der Waals surface area contributed by atoms with E-state index < -0.39 is 0 Å². The Labute approximate surface area is 105 Å². The van der Waals surface area contributed by atoms with E-state index in [1.165, 1.54) is 0 Å². The van der Waals surface area contributed by atoms with Crippen molar-refractivity contribution in [1.82, 2.24) is 25.1 Å². The minimum atomic E-state index is 0.181. The van der Waals surface area contributed by atoms with Crippen LogP contribution in [0.25, 0.3) is 11.0 Å². The van der Waals surface area contributed by atoms with Gasteiger partial charge in [-0.2, -0.15) is 5.10 Å². The van der Waals surface area contributed by atoms with E-state index in [1.54, 1.807) is 17.2 Å². The molecule has 0 amide bonds. The predicted molar refractivity (Wildman–Crippen MR) is 67.4 cm³/mol. The summed E-state index contributed by atoms with van der Waals surface area (Å²) in [6, 6.07) is 0. The summed E-state index contributed by atoms with van der Waals surface area (Å²) < 4.78 is 7.36. The van der Waals surface area contributed by atoms with Gasteiger partial charge >= 0.3 is 0 Å². The van der Waals surface area contributed by atoms with Gasteiger partial charge in [-0.1, -0.05) is 0 Å². The van der Waals surface area contributed by atoms with Crippen LogP contribution in [-0.2, 0) is 11.8 Å². The third kappa shape index (κ3) is 2.14. The molecule has 96 valence electrons. The van der Waals surface area contributed by atoms with E-state index in [2.05, 4.69) is 25.7 Å². The van der Waals surface area contributed by atoms with E-state index in [4.69, 9.17) is 4.74 Å². The van der Waals surface area contributed by atoms with E-state index in [-0.39, 0.29) is 6.10 Å². The maximum atomic E-state index is 5.63. The normalized spacial score (nSPS) is 20.2. The van der Waals surface area contributed by atoms with Crippen molar-refractivity contribution in [2.24, 2.45) is 7.05 Å². The number of rotatable bonds is 3. The second-order valence-electron chi connectivity index (χ2n) is 4.31. The highest BCUT2D eigenvalue weighted by atomic mass is 16.5. The first-order chi connectivity index (χ1) is 8.84. The van der Waals surface area contributed by atoms with Gasteiger partial charge in [-0.15, -0.1) is 0 Å². The molecule has 1 atom stereocenters. The van der Waals surface area contributed by atoms with Crippen LogP contribution in [0.4, 0.5) is 5.82 Å². The van der Waals surface area contributed by atoms with Crippen molar-refractivity contribution in [1.29, 1.82) is 0 Å². The van der Waals surface area contributed by atoms with Gasteiger partial charge in [0.05, 0.1) is 24.3 Å². The summed E-state index contributed by atoms with van der Waals surface area (Å²) in [5, 5.41) is 11.7. The van der Waals surface area contributed by atoms with Gasteiger partial charge in [0.2, 0.25) is 0 Å². The molecule has 7 nitrogen and oxygen atoms in total. The van der Waals surface area contributed by atoms with E-state index in [9.17, 15) is 0 Å². The summed E-state index contributed by atoms with van der Waals surface area (Å²) in [5.74, 6) is 0.808. The summed E-state index contributed by atoms with van der Waals surface area (Å²) in [6.07, 6.45) is 3.50. The van der Waals surface area contributed by atoms with Crippen LogP contribution in [0.5, 0.6) is 0 Å². The molecule has 1 aliphatic heterocycles. The SMILES string of the molecule is Cn1ncc2c(NCC3CNCCO3)ncnc21. The molecule has 2 N–H and O–H groups in total. The lowest BCUT2D eigenvalue weighted by Crippen LogP contribution is -2.42. The fraction of sp³-hybridized carbons (Fsp3) is 0.545. The first-order valence-corrected chi connectivity index (χ1v) is 6.03. The molecule has 3 rings (SSSR count). The second kappa shape index (κ2) is 4.87. The molecule has 2 aromatic heterocycles. The highest BCUT2D eigenvalue weighted by molar-refractivity contribution is 5.85. The molecule has 0 aliphatic carbocycles. The van der Waals surface area contributed by atoms with E-state index in [0.29, 0.717) is 0 Å². The highest BCUT2D eigenvalue weighted by Crippen LogP contribution is 2.17. The Morgan fingerprint density at radius 1 is 1.56 bits per heavy atom. The molecule has 0 aromatic carbocycles. The zero-order valence-corrected chi connectivity index (χ0v) is 10.3. The van der Waals surface area contributed by atoms with Crippen molar-refractivity contribution in [3.05, 3.63) is 12.5 Å². The maximum absolute atomic E-state index is 5.63. The lowest BCUT2D eigenvalue weighted by atomic mass is 10.3. The molecular formula is C11H16N6O. The number of hydrogen-bond acceptors (Lipinski definition) is 6. The van der Waals surface area contributed by atoms with Crippen LogP contribution in [-0.4, -0.2) is 52.1 Å². The van der Waals surface area contributed by atoms with Gasteiger partial charge in [-0.05, 0) is 0 Å². The van der Waals surface area contributed by atoms with Crippen LogP contribution < -0.4 is 10.6 Å². The number of nitrogens with one attached hydrogen (secondary N) is 2. The Hall–Kier alpha value is -1.73. The smallest absolute Gasteiger partial charge is 0.163 e. The van der Waals surface area contributed by atoms with Gasteiger partial charge in [0.1, 0.15) is 12.1 Å². The Morgan fingerprint density at radius 3 is 3.33 bits per heavy atom. The number of fused-ring (bicyclic) bond motifs is 1. The minimum absolute atomic E-state index is 0.181. The summed E-state index contributed by atoms with van der Waals surface area (Å²) in [5.41, 5.74) is 0.829. The van der Waals surface area contributed by atoms with E-state index in [0.717, 1.165) is 43.1 Å². The number of anilines is 1. The summed E-state index contributed by atoms with van der Waals surface area (Å²) in [7, 11) is 1.87. The number of morpholine rings is 1. The quantitative estimate of drug-likeness (QED) is 0.781. The van der Waals surface area contributed by atoms with Gasteiger partial charge in [0.15, 0.2) is 5.65 Å². The first kappa shape index (κ1) is 11.4. The van der Waals surface area contributed by atoms with Gasteiger partial charge in [-0.25, -0.2) is 9.97 Å². The number of ether oxygens (including phenoxy) is 1. The fourth-order valence-electron chi connectivity index (χ4n) is 2.06. The van der Waals surface area contributed by atoms with Crippen molar-refractivity contribution in [2.45, 2.75) is 6.10 Å². The average molecular weight is 248 g/mol. The largest absolute Gasteiger partial charge is 0.374 e. The van der Waals surface area contributed by atoms with Crippen molar-refractivity contribution in [2.75, 3.05) is 31.6 Å². The first-order valence-electron chi connectivity index (χ1n) is 6.03. The molecule has 0 spiro atoms. The Bertz CT molecular complexity index is 533. The molecule has 1 unspecified atom stereocenters. The molecule has 1 saturated heterocycles. The molecule has 1 fully saturated rings. The Morgan fingerprint density at radius 2 is 2.50 bits per heavy atom. The number of aromatic nitrogens is 4. The number of nitrogens with zero attached hydrogens (tertiary/aromatic N) is 4. The number of hydrogen-bond donors (Lipinski definition) is 2. The van der Waals surface area contributed by atoms with Crippen molar-refractivity contribution in [3.63, 3.8) is 0 Å². The molecule has 3 heterocycles. The molecule has 0 bridgehead atoms. The number of aryl methyl sites for hydroxylation is 1. The molecule has 7 heteroatoms. The third-order valence-corrected chi connectivity index (χ3v) is 3.03. The zero-order chi connectivity index (χ0) is 12.4. The predicted octanol–water partition coefficient (Wildman–Crippen LogP) is -0.236. The topological polar surface area (TPSA) is 76.9 Å². The lowest BCUT2D eigenvalue weighted by Gasteiger charge is -2.23. The summed E-state index contributed by atoms with van der Waals surface area (Å²) >= 11 is 0. The third-order valence-electron chi connectivity index (χ3n) is 3.03. The van der Waals surface area contributed by atoms with E-state index >= 15 is 0 Å². The monoisotopic (exact) mass is 248 g/mol. The lowest BCUT2D eigenvalue weighted by molar-refractivity contribution is 0.0372. The van der Waals surface area contributed by atoms with Crippen LogP contribution in [0.2, 0.25) is 0 Å². The van der Waals surface area contributed by atoms with Crippen LogP contribution in [0.3, 0.4) is 0 Å². The minimum Gasteiger partial charge on any atom is -0.374 e. The van der Waals surface area contributed by atoms with Gasteiger partial charge in [0.25, 0.3) is 0 Å². The molecule has 18 heavy (non-hydrogen) atoms. The molecule has 0 radical (unpaired) electrons. The molecule has 0 saturated carbocycles. The summed E-state index contributed by atoms with van der Waals surface area (Å²) in [4.78, 5) is 8.46. The van der Waals surface area contributed by atoms with Crippen LogP contribution in [0, 0.1) is 0 Å². The standard InChI is InChI=1S/C11H16N6O/c1-17-11-9(6-16-17)10(14-7-15-11)13-5-8-4-12-2-3-18-8/h6-8,12H,2-5H2,1H3,(H,13,14,15). The van der Waals surface area contributed by atoms with Crippen molar-refractivity contribution >= 4 is 16.9 Å². The summed E-state index contributed by atoms with van der Waals surface area (Å²) in [6.45, 7) is 3.29. The van der Waals surface area contributed by atoms with Crippen molar-refractivity contribution < 1.29 is 4.74 Å². The Balaban J connectivity index is 1.74. The van der Waals surface area contributed by atoms with Crippen molar-refractivity contribution in [3.8, 4) is 0 Å². The fourth-order valence-corrected chi connectivity index (χ4v) is 2.06. The van der Waals surface area contributed by atoms with Gasteiger partial charge in [-0.3, -0.25) is 4.68 Å². The van der Waals surface area contributed by atoms with Crippen LogP contribution in [0.15, 0.2) is 12.5 Å².